The topological polar surface area (TPSA) is 30.9 Å². The number of nitrogens with two attached hydrogens (primary N) is 1. The minimum absolute atomic E-state index is 0.434. The first-order valence-electron chi connectivity index (χ1n) is 5.38. The molecule has 0 amide bonds. The predicted octanol–water partition coefficient (Wildman–Crippen LogP) is 2.83. The van der Waals surface area contributed by atoms with Crippen LogP contribution < -0.4 is 5.73 Å². The molecule has 2 rings (SSSR count). The van der Waals surface area contributed by atoms with Gasteiger partial charge in [0.25, 0.3) is 0 Å². The summed E-state index contributed by atoms with van der Waals surface area (Å²) in [6, 6.07) is 5.83. The molecule has 17 heavy (non-hydrogen) atoms. The van der Waals surface area contributed by atoms with Crippen molar-refractivity contribution < 1.29 is 8.78 Å². The maximum atomic E-state index is 13.2. The Morgan fingerprint density at radius 1 is 1.12 bits per heavy atom. The lowest BCUT2D eigenvalue weighted by atomic mass is 10.2. The first kappa shape index (κ1) is 11.8. The predicted molar refractivity (Wildman–Crippen MR) is 63.1 cm³/mol. The highest BCUT2D eigenvalue weighted by Crippen LogP contribution is 2.21. The summed E-state index contributed by atoms with van der Waals surface area (Å²) in [6.07, 6.45) is 0. The molecule has 0 aliphatic heterocycles. The summed E-state index contributed by atoms with van der Waals surface area (Å²) < 4.78 is 28.0. The average molecular weight is 236 g/mol. The van der Waals surface area contributed by atoms with Gasteiger partial charge in [0.1, 0.15) is 0 Å². The fourth-order valence-corrected chi connectivity index (χ4v) is 2.06. The number of halogens is 2. The van der Waals surface area contributed by atoms with Crippen LogP contribution in [0, 0.1) is 25.5 Å². The van der Waals surface area contributed by atoms with Crippen LogP contribution in [0.2, 0.25) is 0 Å². The van der Waals surface area contributed by atoms with Crippen LogP contribution in [0.5, 0.6) is 0 Å². The third kappa shape index (κ3) is 1.96. The first-order valence-corrected chi connectivity index (χ1v) is 5.38. The van der Waals surface area contributed by atoms with Crippen molar-refractivity contribution in [2.75, 3.05) is 0 Å². The van der Waals surface area contributed by atoms with E-state index in [9.17, 15) is 8.78 Å². The molecular weight excluding hydrogens is 222 g/mol. The van der Waals surface area contributed by atoms with Crippen LogP contribution in [-0.4, -0.2) is 4.57 Å². The molecule has 1 heterocycles. The Morgan fingerprint density at radius 3 is 2.35 bits per heavy atom. The molecule has 0 unspecified atom stereocenters. The molecule has 1 aromatic heterocycles. The van der Waals surface area contributed by atoms with Crippen molar-refractivity contribution in [3.63, 3.8) is 0 Å². The van der Waals surface area contributed by atoms with E-state index in [0.29, 0.717) is 12.2 Å². The van der Waals surface area contributed by atoms with E-state index in [-0.39, 0.29) is 0 Å². The molecule has 2 N–H and O–H groups in total. The number of hydrogen-bond donors (Lipinski definition) is 1. The fourth-order valence-electron chi connectivity index (χ4n) is 2.06. The molecule has 0 saturated carbocycles. The summed E-state index contributed by atoms with van der Waals surface area (Å²) in [5.41, 5.74) is 9.14. The fraction of sp³-hybridized carbons (Fsp3) is 0.231. The highest BCUT2D eigenvalue weighted by atomic mass is 19.2. The van der Waals surface area contributed by atoms with Gasteiger partial charge in [0, 0.05) is 29.7 Å². The Morgan fingerprint density at radius 2 is 1.82 bits per heavy atom. The number of aryl methyl sites for hydroxylation is 1. The Balaban J connectivity index is 2.60. The number of benzene rings is 1. The third-order valence-electron chi connectivity index (χ3n) is 2.92. The summed E-state index contributed by atoms with van der Waals surface area (Å²) in [5.74, 6) is -1.68. The van der Waals surface area contributed by atoms with Gasteiger partial charge in [-0.3, -0.25) is 0 Å². The maximum absolute atomic E-state index is 13.2. The Bertz CT molecular complexity index is 559. The van der Waals surface area contributed by atoms with Crippen molar-refractivity contribution in [1.29, 1.82) is 0 Å². The van der Waals surface area contributed by atoms with Gasteiger partial charge in [-0.25, -0.2) is 8.78 Å². The zero-order valence-corrected chi connectivity index (χ0v) is 9.80. The Labute approximate surface area is 98.7 Å². The van der Waals surface area contributed by atoms with Gasteiger partial charge in [0.2, 0.25) is 0 Å². The van der Waals surface area contributed by atoms with Crippen molar-refractivity contribution in [2.24, 2.45) is 5.73 Å². The third-order valence-corrected chi connectivity index (χ3v) is 2.92. The maximum Gasteiger partial charge on any atom is 0.160 e. The van der Waals surface area contributed by atoms with E-state index in [2.05, 4.69) is 0 Å². The largest absolute Gasteiger partial charge is 0.326 e. The minimum atomic E-state index is -0.843. The molecule has 1 aromatic carbocycles. The second-order valence-electron chi connectivity index (χ2n) is 4.03. The van der Waals surface area contributed by atoms with Crippen molar-refractivity contribution >= 4 is 0 Å². The van der Waals surface area contributed by atoms with Gasteiger partial charge in [-0.1, -0.05) is 0 Å². The van der Waals surface area contributed by atoms with Crippen molar-refractivity contribution in [3.05, 3.63) is 52.9 Å². The van der Waals surface area contributed by atoms with E-state index < -0.39 is 11.6 Å². The Kier molecular flexibility index (Phi) is 2.98. The highest BCUT2D eigenvalue weighted by molar-refractivity contribution is 5.41. The quantitative estimate of drug-likeness (QED) is 0.854. The van der Waals surface area contributed by atoms with Crippen molar-refractivity contribution in [2.45, 2.75) is 20.4 Å². The normalized spacial score (nSPS) is 10.9. The molecule has 0 aliphatic carbocycles. The van der Waals surface area contributed by atoms with Gasteiger partial charge >= 0.3 is 0 Å². The van der Waals surface area contributed by atoms with E-state index in [1.165, 1.54) is 6.07 Å². The van der Waals surface area contributed by atoms with Crippen molar-refractivity contribution in [3.8, 4) is 5.69 Å². The monoisotopic (exact) mass is 236 g/mol. The van der Waals surface area contributed by atoms with Gasteiger partial charge in [-0.05, 0) is 37.6 Å². The molecule has 90 valence electrons. The van der Waals surface area contributed by atoms with Crippen LogP contribution in [0.3, 0.4) is 0 Å². The molecule has 0 saturated heterocycles. The van der Waals surface area contributed by atoms with Crippen LogP contribution in [0.15, 0.2) is 24.3 Å². The van der Waals surface area contributed by atoms with Crippen LogP contribution in [0.4, 0.5) is 8.78 Å². The lowest BCUT2D eigenvalue weighted by molar-refractivity contribution is 0.508. The molecular formula is C13H14F2N2. The number of aromatic nitrogens is 1. The molecule has 0 bridgehead atoms. The lowest BCUT2D eigenvalue weighted by Crippen LogP contribution is -2.02. The standard InChI is InChI=1S/C13H14F2N2/c1-8-5-10(7-16)9(2)17(8)11-3-4-12(14)13(15)6-11/h3-6H,7,16H2,1-2H3. The van der Waals surface area contributed by atoms with Gasteiger partial charge in [-0.15, -0.1) is 0 Å². The molecule has 0 fully saturated rings. The Hall–Kier alpha value is -1.68. The molecule has 0 spiro atoms. The summed E-state index contributed by atoms with van der Waals surface area (Å²) in [7, 11) is 0. The van der Waals surface area contributed by atoms with Gasteiger partial charge in [0.15, 0.2) is 11.6 Å². The molecule has 2 aromatic rings. The van der Waals surface area contributed by atoms with Crippen molar-refractivity contribution in [1.82, 2.24) is 4.57 Å². The van der Waals surface area contributed by atoms with Gasteiger partial charge < -0.3 is 10.3 Å². The first-order chi connectivity index (χ1) is 8.04. The summed E-state index contributed by atoms with van der Waals surface area (Å²) in [4.78, 5) is 0. The highest BCUT2D eigenvalue weighted by Gasteiger charge is 2.11. The minimum Gasteiger partial charge on any atom is -0.326 e. The second-order valence-corrected chi connectivity index (χ2v) is 4.03. The smallest absolute Gasteiger partial charge is 0.160 e. The van der Waals surface area contributed by atoms with Crippen LogP contribution in [0.1, 0.15) is 17.0 Å². The van der Waals surface area contributed by atoms with Crippen LogP contribution >= 0.6 is 0 Å². The molecule has 4 heteroatoms. The zero-order chi connectivity index (χ0) is 12.6. The second kappa shape index (κ2) is 4.30. The van der Waals surface area contributed by atoms with Crippen LogP contribution in [-0.2, 0) is 6.54 Å². The van der Waals surface area contributed by atoms with Gasteiger partial charge in [0.05, 0.1) is 0 Å². The number of rotatable bonds is 2. The van der Waals surface area contributed by atoms with E-state index in [4.69, 9.17) is 5.73 Å². The summed E-state index contributed by atoms with van der Waals surface area (Å²) in [5, 5.41) is 0. The van der Waals surface area contributed by atoms with Crippen LogP contribution in [0.25, 0.3) is 5.69 Å². The average Bonchev–Trinajstić information content (AvgIpc) is 2.58. The number of hydrogen-bond acceptors (Lipinski definition) is 1. The summed E-state index contributed by atoms with van der Waals surface area (Å²) in [6.45, 7) is 4.26. The lowest BCUT2D eigenvalue weighted by Gasteiger charge is -2.10. The SMILES string of the molecule is Cc1cc(CN)c(C)n1-c1ccc(F)c(F)c1. The van der Waals surface area contributed by atoms with E-state index in [1.54, 1.807) is 6.07 Å². The molecule has 0 radical (unpaired) electrons. The van der Waals surface area contributed by atoms with E-state index in [0.717, 1.165) is 23.0 Å². The summed E-state index contributed by atoms with van der Waals surface area (Å²) >= 11 is 0. The molecule has 0 atom stereocenters. The molecule has 0 aliphatic rings. The zero-order valence-electron chi connectivity index (χ0n) is 9.80. The van der Waals surface area contributed by atoms with E-state index in [1.807, 2.05) is 24.5 Å². The number of nitrogens with zero attached hydrogens (tertiary/aromatic N) is 1. The van der Waals surface area contributed by atoms with E-state index >= 15 is 0 Å². The molecule has 2 nitrogen and oxygen atoms in total. The van der Waals surface area contributed by atoms with Gasteiger partial charge in [-0.2, -0.15) is 0 Å².